The molecule has 0 saturated heterocycles. The fourth-order valence-electron chi connectivity index (χ4n) is 1.56. The van der Waals surface area contributed by atoms with Crippen molar-refractivity contribution in [3.05, 3.63) is 11.6 Å². The first-order chi connectivity index (χ1) is 7.19. The van der Waals surface area contributed by atoms with Crippen LogP contribution in [0.5, 0.6) is 0 Å². The average Bonchev–Trinajstić information content (AvgIpc) is 2.22. The molecule has 1 atom stereocenters. The summed E-state index contributed by atoms with van der Waals surface area (Å²) in [6, 6.07) is 2.01. The van der Waals surface area contributed by atoms with Crippen molar-refractivity contribution in [1.82, 2.24) is 4.90 Å². The topological polar surface area (TPSA) is 53.3 Å². The molecule has 0 aromatic carbocycles. The molecule has 1 aliphatic heterocycles. The Morgan fingerprint density at radius 2 is 2.53 bits per heavy atom. The number of hydrogen-bond acceptors (Lipinski definition) is 4. The minimum absolute atomic E-state index is 0.324. The second-order valence-corrected chi connectivity index (χ2v) is 3.61. The van der Waals surface area contributed by atoms with Gasteiger partial charge in [-0.1, -0.05) is 6.08 Å². The van der Waals surface area contributed by atoms with Gasteiger partial charge < -0.3 is 9.64 Å². The number of carbonyl (C=O) groups excluding carboxylic acids is 1. The standard InChI is InChI=1S/C11H16N2O2/c1-3-15-11(14)10(8-12)9-4-6-13(2)7-5-9/h4,10H,3,5-7H2,1-2H3. The van der Waals surface area contributed by atoms with Crippen molar-refractivity contribution in [2.45, 2.75) is 13.3 Å². The fraction of sp³-hybridized carbons (Fsp3) is 0.636. The first-order valence-corrected chi connectivity index (χ1v) is 5.12. The van der Waals surface area contributed by atoms with E-state index in [1.165, 1.54) is 0 Å². The van der Waals surface area contributed by atoms with Gasteiger partial charge in [-0.3, -0.25) is 4.79 Å². The highest BCUT2D eigenvalue weighted by Crippen LogP contribution is 2.19. The SMILES string of the molecule is CCOC(=O)C(C#N)C1=CCN(C)CC1. The van der Waals surface area contributed by atoms with E-state index in [0.29, 0.717) is 6.61 Å². The average molecular weight is 208 g/mol. The normalized spacial score (nSPS) is 18.9. The number of likely N-dealkylation sites (N-methyl/N-ethyl adjacent to an activating group) is 1. The summed E-state index contributed by atoms with van der Waals surface area (Å²) in [7, 11) is 2.01. The van der Waals surface area contributed by atoms with Crippen molar-refractivity contribution in [2.75, 3.05) is 26.7 Å². The van der Waals surface area contributed by atoms with Crippen LogP contribution in [-0.2, 0) is 9.53 Å². The summed E-state index contributed by atoms with van der Waals surface area (Å²) < 4.78 is 4.86. The highest BCUT2D eigenvalue weighted by atomic mass is 16.5. The van der Waals surface area contributed by atoms with E-state index >= 15 is 0 Å². The Bertz CT molecular complexity index is 304. The summed E-state index contributed by atoms with van der Waals surface area (Å²) in [6.07, 6.45) is 2.72. The van der Waals surface area contributed by atoms with Gasteiger partial charge in [-0.2, -0.15) is 5.26 Å². The van der Waals surface area contributed by atoms with Crippen molar-refractivity contribution < 1.29 is 9.53 Å². The molecule has 0 aliphatic carbocycles. The molecule has 1 unspecified atom stereocenters. The third-order valence-corrected chi connectivity index (χ3v) is 2.47. The molecule has 15 heavy (non-hydrogen) atoms. The Morgan fingerprint density at radius 3 is 3.00 bits per heavy atom. The highest BCUT2D eigenvalue weighted by molar-refractivity contribution is 5.78. The molecular weight excluding hydrogens is 192 g/mol. The number of ether oxygens (including phenoxy) is 1. The first kappa shape index (κ1) is 11.7. The maximum atomic E-state index is 11.5. The van der Waals surface area contributed by atoms with Crippen LogP contribution in [0, 0.1) is 17.2 Å². The Hall–Kier alpha value is -1.34. The molecule has 0 saturated carbocycles. The summed E-state index contributed by atoms with van der Waals surface area (Å²) in [5, 5.41) is 8.94. The van der Waals surface area contributed by atoms with Gasteiger partial charge in [0.15, 0.2) is 5.92 Å². The van der Waals surface area contributed by atoms with Gasteiger partial charge in [0.2, 0.25) is 0 Å². The van der Waals surface area contributed by atoms with Crippen molar-refractivity contribution in [1.29, 1.82) is 5.26 Å². The lowest BCUT2D eigenvalue weighted by molar-refractivity contribution is -0.144. The second-order valence-electron chi connectivity index (χ2n) is 3.61. The molecule has 0 bridgehead atoms. The molecule has 1 rings (SSSR count). The number of nitriles is 1. The number of rotatable bonds is 3. The van der Waals surface area contributed by atoms with E-state index in [0.717, 1.165) is 25.1 Å². The fourth-order valence-corrected chi connectivity index (χ4v) is 1.56. The minimum Gasteiger partial charge on any atom is -0.465 e. The molecule has 82 valence electrons. The smallest absolute Gasteiger partial charge is 0.327 e. The predicted octanol–water partition coefficient (Wildman–Crippen LogP) is 0.951. The summed E-state index contributed by atoms with van der Waals surface area (Å²) in [6.45, 7) is 3.76. The van der Waals surface area contributed by atoms with E-state index in [1.54, 1.807) is 6.92 Å². The van der Waals surface area contributed by atoms with Crippen LogP contribution in [0.1, 0.15) is 13.3 Å². The molecule has 4 heteroatoms. The largest absolute Gasteiger partial charge is 0.465 e. The maximum Gasteiger partial charge on any atom is 0.327 e. The number of esters is 1. The third-order valence-electron chi connectivity index (χ3n) is 2.47. The lowest BCUT2D eigenvalue weighted by Gasteiger charge is -2.23. The van der Waals surface area contributed by atoms with Gasteiger partial charge in [0.05, 0.1) is 12.7 Å². The zero-order valence-corrected chi connectivity index (χ0v) is 9.19. The van der Waals surface area contributed by atoms with E-state index in [-0.39, 0.29) is 0 Å². The molecule has 4 nitrogen and oxygen atoms in total. The van der Waals surface area contributed by atoms with Gasteiger partial charge in [0, 0.05) is 13.1 Å². The minimum atomic E-state index is -0.710. The summed E-state index contributed by atoms with van der Waals surface area (Å²) in [5.41, 5.74) is 0.897. The first-order valence-electron chi connectivity index (χ1n) is 5.12. The van der Waals surface area contributed by atoms with Gasteiger partial charge >= 0.3 is 5.97 Å². The van der Waals surface area contributed by atoms with E-state index in [4.69, 9.17) is 10.00 Å². The van der Waals surface area contributed by atoms with Gasteiger partial charge in [0.25, 0.3) is 0 Å². The van der Waals surface area contributed by atoms with Gasteiger partial charge in [-0.25, -0.2) is 0 Å². The lowest BCUT2D eigenvalue weighted by atomic mass is 9.95. The molecule has 0 N–H and O–H groups in total. The number of hydrogen-bond donors (Lipinski definition) is 0. The number of nitrogens with zero attached hydrogens (tertiary/aromatic N) is 2. The van der Waals surface area contributed by atoms with Crippen LogP contribution in [0.15, 0.2) is 11.6 Å². The van der Waals surface area contributed by atoms with Crippen molar-refractivity contribution in [3.8, 4) is 6.07 Å². The van der Waals surface area contributed by atoms with Crippen LogP contribution >= 0.6 is 0 Å². The Balaban J connectivity index is 2.68. The molecule has 0 aromatic heterocycles. The van der Waals surface area contributed by atoms with E-state index in [1.807, 2.05) is 19.2 Å². The summed E-state index contributed by atoms with van der Waals surface area (Å²) >= 11 is 0. The number of carbonyl (C=O) groups is 1. The zero-order chi connectivity index (χ0) is 11.3. The molecule has 1 aliphatic rings. The summed E-state index contributed by atoms with van der Waals surface area (Å²) in [4.78, 5) is 13.6. The third kappa shape index (κ3) is 3.07. The van der Waals surface area contributed by atoms with Crippen molar-refractivity contribution in [3.63, 3.8) is 0 Å². The molecule has 0 amide bonds. The van der Waals surface area contributed by atoms with E-state index < -0.39 is 11.9 Å². The Morgan fingerprint density at radius 1 is 1.80 bits per heavy atom. The van der Waals surface area contributed by atoms with E-state index in [2.05, 4.69) is 4.90 Å². The van der Waals surface area contributed by atoms with Crippen LogP contribution in [0.3, 0.4) is 0 Å². The Kier molecular flexibility index (Phi) is 4.32. The lowest BCUT2D eigenvalue weighted by Crippen LogP contribution is -2.28. The predicted molar refractivity (Wildman–Crippen MR) is 55.9 cm³/mol. The molecule has 0 radical (unpaired) electrons. The summed E-state index contributed by atoms with van der Waals surface area (Å²) in [5.74, 6) is -1.13. The quantitative estimate of drug-likeness (QED) is 0.512. The Labute approximate surface area is 90.1 Å². The van der Waals surface area contributed by atoms with Gasteiger partial charge in [-0.15, -0.1) is 0 Å². The zero-order valence-electron chi connectivity index (χ0n) is 9.19. The van der Waals surface area contributed by atoms with Crippen LogP contribution in [0.2, 0.25) is 0 Å². The van der Waals surface area contributed by atoms with Crippen LogP contribution in [-0.4, -0.2) is 37.6 Å². The van der Waals surface area contributed by atoms with Crippen LogP contribution in [0.25, 0.3) is 0 Å². The van der Waals surface area contributed by atoms with Gasteiger partial charge in [0.1, 0.15) is 0 Å². The molecule has 0 fully saturated rings. The van der Waals surface area contributed by atoms with Crippen LogP contribution < -0.4 is 0 Å². The monoisotopic (exact) mass is 208 g/mol. The highest BCUT2D eigenvalue weighted by Gasteiger charge is 2.25. The molecule has 0 aromatic rings. The van der Waals surface area contributed by atoms with Crippen LogP contribution in [0.4, 0.5) is 0 Å². The molecule has 0 spiro atoms. The van der Waals surface area contributed by atoms with E-state index in [9.17, 15) is 4.79 Å². The maximum absolute atomic E-state index is 11.5. The molecule has 1 heterocycles. The second kappa shape index (κ2) is 5.52. The van der Waals surface area contributed by atoms with Crippen molar-refractivity contribution in [2.24, 2.45) is 5.92 Å². The van der Waals surface area contributed by atoms with Gasteiger partial charge in [-0.05, 0) is 26.0 Å². The molecular formula is C11H16N2O2. The van der Waals surface area contributed by atoms with Crippen molar-refractivity contribution >= 4 is 5.97 Å².